The van der Waals surface area contributed by atoms with Crippen LogP contribution in [-0.4, -0.2) is 23.2 Å². The molecule has 0 aliphatic carbocycles. The normalized spacial score (nSPS) is 10.5. The second-order valence-corrected chi connectivity index (χ2v) is 3.80. The summed E-state index contributed by atoms with van der Waals surface area (Å²) in [5.74, 6) is -0.347. The van der Waals surface area contributed by atoms with Crippen molar-refractivity contribution in [2.24, 2.45) is 0 Å². The number of halogens is 1. The van der Waals surface area contributed by atoms with Crippen molar-refractivity contribution in [3.05, 3.63) is 28.4 Å². The largest absolute Gasteiger partial charge is 0.496 e. The van der Waals surface area contributed by atoms with E-state index in [0.717, 1.165) is 5.52 Å². The molecule has 0 aliphatic heterocycles. The van der Waals surface area contributed by atoms with E-state index in [0.29, 0.717) is 15.6 Å². The average Bonchev–Trinajstić information content (AvgIpc) is 2.63. The molecule has 1 aromatic carbocycles. The lowest BCUT2D eigenvalue weighted by molar-refractivity contribution is 0.0699. The first-order valence-electron chi connectivity index (χ1n) is 4.22. The number of carboxylic acids is 1. The van der Waals surface area contributed by atoms with Crippen LogP contribution in [0.2, 0.25) is 0 Å². The van der Waals surface area contributed by atoms with Crippen LogP contribution in [0.25, 0.3) is 10.9 Å². The number of carbonyl (C=O) groups is 1. The van der Waals surface area contributed by atoms with Gasteiger partial charge in [-0.2, -0.15) is 0 Å². The minimum Gasteiger partial charge on any atom is -0.496 e. The van der Waals surface area contributed by atoms with Crippen LogP contribution in [0, 0.1) is 0 Å². The number of carboxylic acid groups (broad SMARTS) is 1. The van der Waals surface area contributed by atoms with E-state index in [-0.39, 0.29) is 5.56 Å². The van der Waals surface area contributed by atoms with Crippen molar-refractivity contribution in [3.63, 3.8) is 0 Å². The third kappa shape index (κ3) is 1.48. The minimum absolute atomic E-state index is 0.232. The molecule has 4 nitrogen and oxygen atoms in total. The number of aromatic amines is 1. The predicted molar refractivity (Wildman–Crippen MR) is 59.5 cm³/mol. The number of rotatable bonds is 2. The van der Waals surface area contributed by atoms with Gasteiger partial charge in [0.05, 0.1) is 17.1 Å². The minimum atomic E-state index is -0.963. The number of ether oxygens (including phenoxy) is 1. The van der Waals surface area contributed by atoms with Gasteiger partial charge in [-0.3, -0.25) is 0 Å². The Morgan fingerprint density at radius 3 is 2.87 bits per heavy atom. The molecule has 0 saturated carbocycles. The van der Waals surface area contributed by atoms with Crippen LogP contribution in [0.3, 0.4) is 0 Å². The Morgan fingerprint density at radius 2 is 2.27 bits per heavy atom. The van der Waals surface area contributed by atoms with Gasteiger partial charge < -0.3 is 14.8 Å². The smallest absolute Gasteiger partial charge is 0.337 e. The number of benzene rings is 1. The number of aromatic nitrogens is 1. The topological polar surface area (TPSA) is 62.3 Å². The number of aromatic carboxylic acids is 1. The summed E-state index contributed by atoms with van der Waals surface area (Å²) >= 11 is 3.33. The molecule has 78 valence electrons. The molecule has 0 saturated heterocycles. The number of fused-ring (bicyclic) bond motifs is 1. The van der Waals surface area contributed by atoms with Crippen molar-refractivity contribution in [2.75, 3.05) is 7.11 Å². The number of hydrogen-bond acceptors (Lipinski definition) is 2. The van der Waals surface area contributed by atoms with Crippen LogP contribution in [0.15, 0.2) is 22.8 Å². The highest BCUT2D eigenvalue weighted by Crippen LogP contribution is 2.34. The maximum Gasteiger partial charge on any atom is 0.337 e. The lowest BCUT2D eigenvalue weighted by Crippen LogP contribution is -1.94. The van der Waals surface area contributed by atoms with Crippen molar-refractivity contribution in [1.82, 2.24) is 4.98 Å². The fraction of sp³-hybridized carbons (Fsp3) is 0.100. The van der Waals surface area contributed by atoms with Crippen molar-refractivity contribution in [2.45, 2.75) is 0 Å². The number of methoxy groups -OCH3 is 1. The van der Waals surface area contributed by atoms with E-state index in [9.17, 15) is 4.79 Å². The van der Waals surface area contributed by atoms with Gasteiger partial charge in [-0.25, -0.2) is 4.79 Å². The lowest BCUT2D eigenvalue weighted by Gasteiger charge is -2.04. The van der Waals surface area contributed by atoms with Gasteiger partial charge in [0, 0.05) is 17.1 Å². The molecular weight excluding hydrogens is 262 g/mol. The van der Waals surface area contributed by atoms with Gasteiger partial charge >= 0.3 is 5.97 Å². The molecule has 0 unspecified atom stereocenters. The zero-order valence-electron chi connectivity index (χ0n) is 7.87. The zero-order valence-corrected chi connectivity index (χ0v) is 9.46. The van der Waals surface area contributed by atoms with E-state index in [1.807, 2.05) is 0 Å². The van der Waals surface area contributed by atoms with Crippen LogP contribution in [0.1, 0.15) is 10.4 Å². The molecule has 0 fully saturated rings. The Labute approximate surface area is 94.0 Å². The van der Waals surface area contributed by atoms with Gasteiger partial charge in [-0.15, -0.1) is 0 Å². The van der Waals surface area contributed by atoms with Crippen molar-refractivity contribution < 1.29 is 14.6 Å². The highest BCUT2D eigenvalue weighted by Gasteiger charge is 2.15. The number of H-pyrrole nitrogens is 1. The van der Waals surface area contributed by atoms with E-state index < -0.39 is 5.97 Å². The molecule has 0 radical (unpaired) electrons. The van der Waals surface area contributed by atoms with Gasteiger partial charge in [0.2, 0.25) is 0 Å². The van der Waals surface area contributed by atoms with Crippen molar-refractivity contribution in [1.29, 1.82) is 0 Å². The molecule has 1 heterocycles. The molecule has 0 spiro atoms. The average molecular weight is 270 g/mol. The van der Waals surface area contributed by atoms with E-state index in [4.69, 9.17) is 9.84 Å². The van der Waals surface area contributed by atoms with Crippen LogP contribution >= 0.6 is 15.9 Å². The molecule has 2 rings (SSSR count). The van der Waals surface area contributed by atoms with Gasteiger partial charge in [-0.05, 0) is 28.1 Å². The summed E-state index contributed by atoms with van der Waals surface area (Å²) in [6.45, 7) is 0. The highest BCUT2D eigenvalue weighted by molar-refractivity contribution is 9.10. The van der Waals surface area contributed by atoms with Crippen LogP contribution in [0.5, 0.6) is 5.75 Å². The molecule has 2 aromatic rings. The molecule has 0 bridgehead atoms. The molecule has 0 amide bonds. The van der Waals surface area contributed by atoms with E-state index in [1.165, 1.54) is 6.20 Å². The molecule has 2 N–H and O–H groups in total. The predicted octanol–water partition coefficient (Wildman–Crippen LogP) is 2.64. The fourth-order valence-electron chi connectivity index (χ4n) is 1.49. The van der Waals surface area contributed by atoms with E-state index >= 15 is 0 Å². The molecule has 0 aliphatic rings. The lowest BCUT2D eigenvalue weighted by atomic mass is 10.1. The van der Waals surface area contributed by atoms with E-state index in [1.54, 1.807) is 19.2 Å². The van der Waals surface area contributed by atoms with E-state index in [2.05, 4.69) is 20.9 Å². The van der Waals surface area contributed by atoms with Gasteiger partial charge in [0.25, 0.3) is 0 Å². The Balaban J connectivity index is 2.82. The van der Waals surface area contributed by atoms with Crippen LogP contribution in [0.4, 0.5) is 0 Å². The standard InChI is InChI=1S/C10H8BrNO3/c1-15-7-3-2-6-8(9(7)11)5(4-12-6)10(13)14/h2-4,12H,1H3,(H,13,14). The third-order valence-electron chi connectivity index (χ3n) is 2.20. The third-order valence-corrected chi connectivity index (χ3v) is 2.99. The van der Waals surface area contributed by atoms with Crippen LogP contribution in [-0.2, 0) is 0 Å². The Bertz CT molecular complexity index is 533. The summed E-state index contributed by atoms with van der Waals surface area (Å²) in [7, 11) is 1.54. The Kier molecular flexibility index (Phi) is 2.40. The van der Waals surface area contributed by atoms with Crippen molar-refractivity contribution in [3.8, 4) is 5.75 Å². The fourth-order valence-corrected chi connectivity index (χ4v) is 2.21. The van der Waals surface area contributed by atoms with Gasteiger partial charge in [0.1, 0.15) is 5.75 Å². The number of hydrogen-bond donors (Lipinski definition) is 2. The zero-order chi connectivity index (χ0) is 11.0. The highest BCUT2D eigenvalue weighted by atomic mass is 79.9. The first kappa shape index (κ1) is 10.0. The summed E-state index contributed by atoms with van der Waals surface area (Å²) < 4.78 is 5.76. The summed E-state index contributed by atoms with van der Waals surface area (Å²) in [6.07, 6.45) is 1.47. The second kappa shape index (κ2) is 3.58. The van der Waals surface area contributed by atoms with Gasteiger partial charge in [0.15, 0.2) is 0 Å². The maximum atomic E-state index is 10.9. The van der Waals surface area contributed by atoms with Crippen LogP contribution < -0.4 is 4.74 Å². The molecule has 5 heteroatoms. The molecular formula is C10H8BrNO3. The molecule has 15 heavy (non-hydrogen) atoms. The first-order chi connectivity index (χ1) is 7.15. The summed E-state index contributed by atoms with van der Waals surface area (Å²) in [5, 5.41) is 9.60. The Hall–Kier alpha value is -1.49. The van der Waals surface area contributed by atoms with Crippen molar-refractivity contribution >= 4 is 32.8 Å². The second-order valence-electron chi connectivity index (χ2n) is 3.01. The van der Waals surface area contributed by atoms with Gasteiger partial charge in [-0.1, -0.05) is 0 Å². The first-order valence-corrected chi connectivity index (χ1v) is 5.01. The summed E-state index contributed by atoms with van der Waals surface area (Å²) in [6, 6.07) is 3.56. The molecule has 0 atom stereocenters. The monoisotopic (exact) mass is 269 g/mol. The SMILES string of the molecule is COc1ccc2[nH]cc(C(=O)O)c2c1Br. The number of nitrogens with one attached hydrogen (secondary N) is 1. The maximum absolute atomic E-state index is 10.9. The Morgan fingerprint density at radius 1 is 1.53 bits per heavy atom. The summed E-state index contributed by atoms with van der Waals surface area (Å²) in [5.41, 5.74) is 0.996. The summed E-state index contributed by atoms with van der Waals surface area (Å²) in [4.78, 5) is 13.8. The quantitative estimate of drug-likeness (QED) is 0.881. The molecule has 1 aromatic heterocycles.